The van der Waals surface area contributed by atoms with Crippen molar-refractivity contribution in [3.05, 3.63) is 58.7 Å². The molecule has 0 aliphatic heterocycles. The van der Waals surface area contributed by atoms with E-state index in [-0.39, 0.29) is 5.91 Å². The van der Waals surface area contributed by atoms with Crippen LogP contribution in [-0.4, -0.2) is 23.6 Å². The summed E-state index contributed by atoms with van der Waals surface area (Å²) in [4.78, 5) is 13.2. The number of aryl methyl sites for hydroxylation is 3. The van der Waals surface area contributed by atoms with Gasteiger partial charge in [-0.25, -0.2) is 5.01 Å². The van der Waals surface area contributed by atoms with Gasteiger partial charge in [0.2, 0.25) is 0 Å². The molecule has 2 aromatic rings. The van der Waals surface area contributed by atoms with Crippen LogP contribution >= 0.6 is 0 Å². The lowest BCUT2D eigenvalue weighted by Gasteiger charge is -2.37. The lowest BCUT2D eigenvalue weighted by Crippen LogP contribution is -2.49. The second-order valence-electron chi connectivity index (χ2n) is 7.45. The van der Waals surface area contributed by atoms with E-state index in [1.54, 1.807) is 12.1 Å². The zero-order chi connectivity index (χ0) is 18.8. The topological polar surface area (TPSA) is 41.6 Å². The predicted molar refractivity (Wildman–Crippen MR) is 103 cm³/mol. The van der Waals surface area contributed by atoms with Gasteiger partial charge in [0.25, 0.3) is 5.91 Å². The van der Waals surface area contributed by atoms with Crippen LogP contribution in [0.5, 0.6) is 5.75 Å². The molecule has 0 unspecified atom stereocenters. The number of amides is 1. The number of nitrogens with one attached hydrogen (secondary N) is 1. The number of nitrogens with zero attached hydrogens (tertiary/aromatic N) is 1. The molecule has 0 aliphatic rings. The Morgan fingerprint density at radius 1 is 1.04 bits per heavy atom. The van der Waals surface area contributed by atoms with Gasteiger partial charge in [0.05, 0.1) is 18.3 Å². The number of rotatable bonds is 4. The average Bonchev–Trinajstić information content (AvgIpc) is 2.50. The quantitative estimate of drug-likeness (QED) is 0.806. The van der Waals surface area contributed by atoms with Crippen molar-refractivity contribution >= 4 is 11.6 Å². The molecule has 4 heteroatoms. The first-order valence-corrected chi connectivity index (χ1v) is 8.46. The van der Waals surface area contributed by atoms with Crippen LogP contribution in [0.3, 0.4) is 0 Å². The number of ether oxygens (including phenoxy) is 1. The Labute approximate surface area is 150 Å². The van der Waals surface area contributed by atoms with Crippen molar-refractivity contribution in [1.82, 2.24) is 5.01 Å². The number of carbonyl (C=O) groups excluding carboxylic acids is 1. The Morgan fingerprint density at radius 3 is 2.16 bits per heavy atom. The molecule has 0 atom stereocenters. The third kappa shape index (κ3) is 4.32. The van der Waals surface area contributed by atoms with Crippen LogP contribution in [0.2, 0.25) is 0 Å². The molecule has 2 aromatic carbocycles. The maximum absolute atomic E-state index is 13.2. The molecule has 0 aliphatic carbocycles. The summed E-state index contributed by atoms with van der Waals surface area (Å²) >= 11 is 0. The monoisotopic (exact) mass is 340 g/mol. The van der Waals surface area contributed by atoms with Gasteiger partial charge < -0.3 is 4.74 Å². The lowest BCUT2D eigenvalue weighted by molar-refractivity contribution is 0.0651. The van der Waals surface area contributed by atoms with E-state index in [1.165, 1.54) is 0 Å². The Morgan fingerprint density at radius 2 is 1.64 bits per heavy atom. The van der Waals surface area contributed by atoms with E-state index in [9.17, 15) is 4.79 Å². The predicted octanol–water partition coefficient (Wildman–Crippen LogP) is 4.89. The van der Waals surface area contributed by atoms with Gasteiger partial charge in [0.15, 0.2) is 0 Å². The van der Waals surface area contributed by atoms with Crippen molar-refractivity contribution in [1.29, 1.82) is 0 Å². The van der Waals surface area contributed by atoms with Crippen LogP contribution in [0.4, 0.5) is 5.69 Å². The van der Waals surface area contributed by atoms with Gasteiger partial charge in [0.1, 0.15) is 5.75 Å². The maximum Gasteiger partial charge on any atom is 0.272 e. The Kier molecular flexibility index (Phi) is 5.41. The van der Waals surface area contributed by atoms with Gasteiger partial charge in [-0.3, -0.25) is 10.2 Å². The second kappa shape index (κ2) is 7.18. The normalized spacial score (nSPS) is 11.2. The van der Waals surface area contributed by atoms with Crippen molar-refractivity contribution in [3.63, 3.8) is 0 Å². The van der Waals surface area contributed by atoms with Gasteiger partial charge in [-0.2, -0.15) is 0 Å². The number of anilines is 1. The summed E-state index contributed by atoms with van der Waals surface area (Å²) < 4.78 is 5.46. The maximum atomic E-state index is 13.2. The summed E-state index contributed by atoms with van der Waals surface area (Å²) in [7, 11) is 1.63. The van der Waals surface area contributed by atoms with E-state index in [1.807, 2.05) is 71.9 Å². The van der Waals surface area contributed by atoms with Crippen LogP contribution in [0.25, 0.3) is 0 Å². The number of carbonyl (C=O) groups is 1. The summed E-state index contributed by atoms with van der Waals surface area (Å²) in [5.41, 5.74) is 7.53. The second-order valence-corrected chi connectivity index (χ2v) is 7.45. The van der Waals surface area contributed by atoms with E-state index < -0.39 is 5.54 Å². The Hall–Kier alpha value is -2.49. The SMILES string of the molecule is COc1cccc(C)c1NN(C(=O)c1cc(C)cc(C)c1)C(C)(C)C. The van der Waals surface area contributed by atoms with E-state index >= 15 is 0 Å². The molecular weight excluding hydrogens is 312 g/mol. The van der Waals surface area contributed by atoms with E-state index in [2.05, 4.69) is 11.5 Å². The first kappa shape index (κ1) is 18.8. The average molecular weight is 340 g/mol. The molecule has 0 fully saturated rings. The fourth-order valence-corrected chi connectivity index (χ4v) is 2.82. The largest absolute Gasteiger partial charge is 0.495 e. The minimum Gasteiger partial charge on any atom is -0.495 e. The fourth-order valence-electron chi connectivity index (χ4n) is 2.82. The van der Waals surface area contributed by atoms with Crippen molar-refractivity contribution in [2.45, 2.75) is 47.1 Å². The van der Waals surface area contributed by atoms with Gasteiger partial charge in [-0.05, 0) is 65.3 Å². The molecule has 0 bridgehead atoms. The number of para-hydroxylation sites is 1. The molecule has 0 saturated carbocycles. The number of methoxy groups -OCH3 is 1. The molecular formula is C21H28N2O2. The number of hydrogen-bond donors (Lipinski definition) is 1. The minimum absolute atomic E-state index is 0.0652. The van der Waals surface area contributed by atoms with E-state index in [0.29, 0.717) is 11.3 Å². The van der Waals surface area contributed by atoms with Crippen molar-refractivity contribution < 1.29 is 9.53 Å². The molecule has 25 heavy (non-hydrogen) atoms. The van der Waals surface area contributed by atoms with Gasteiger partial charge in [0, 0.05) is 5.56 Å². The highest BCUT2D eigenvalue weighted by molar-refractivity contribution is 5.96. The summed E-state index contributed by atoms with van der Waals surface area (Å²) in [5.74, 6) is 0.645. The van der Waals surface area contributed by atoms with E-state index in [0.717, 1.165) is 22.4 Å². The highest BCUT2D eigenvalue weighted by Gasteiger charge is 2.29. The van der Waals surface area contributed by atoms with Crippen LogP contribution in [0.1, 0.15) is 47.8 Å². The van der Waals surface area contributed by atoms with Crippen LogP contribution in [-0.2, 0) is 0 Å². The molecule has 134 valence electrons. The van der Waals surface area contributed by atoms with Gasteiger partial charge in [-0.15, -0.1) is 0 Å². The third-order valence-corrected chi connectivity index (χ3v) is 4.02. The molecule has 4 nitrogen and oxygen atoms in total. The lowest BCUT2D eigenvalue weighted by atomic mass is 10.0. The smallest absolute Gasteiger partial charge is 0.272 e. The van der Waals surface area contributed by atoms with Gasteiger partial charge >= 0.3 is 0 Å². The van der Waals surface area contributed by atoms with Crippen molar-refractivity contribution in [3.8, 4) is 5.75 Å². The number of hydrazine groups is 1. The van der Waals surface area contributed by atoms with Crippen LogP contribution in [0, 0.1) is 20.8 Å². The Bertz CT molecular complexity index is 756. The molecule has 2 rings (SSSR count). The minimum atomic E-state index is -0.415. The highest BCUT2D eigenvalue weighted by Crippen LogP contribution is 2.30. The summed E-state index contributed by atoms with van der Waals surface area (Å²) in [6.45, 7) is 12.0. The molecule has 0 aromatic heterocycles. The first-order chi connectivity index (χ1) is 11.6. The molecule has 1 N–H and O–H groups in total. The van der Waals surface area contributed by atoms with Gasteiger partial charge in [-0.1, -0.05) is 29.3 Å². The van der Waals surface area contributed by atoms with Crippen LogP contribution < -0.4 is 10.2 Å². The molecule has 1 amide bonds. The summed E-state index contributed by atoms with van der Waals surface area (Å²) in [5, 5.41) is 1.67. The molecule has 0 heterocycles. The van der Waals surface area contributed by atoms with Crippen molar-refractivity contribution in [2.75, 3.05) is 12.5 Å². The Balaban J connectivity index is 2.46. The molecule has 0 radical (unpaired) electrons. The van der Waals surface area contributed by atoms with Crippen molar-refractivity contribution in [2.24, 2.45) is 0 Å². The third-order valence-electron chi connectivity index (χ3n) is 4.02. The standard InChI is InChI=1S/C21H28N2O2/c1-14-11-15(2)13-17(12-14)20(24)23(21(4,5)6)22-19-16(3)9-8-10-18(19)25-7/h8-13,22H,1-7H3. The van der Waals surface area contributed by atoms with E-state index in [4.69, 9.17) is 4.74 Å². The summed E-state index contributed by atoms with van der Waals surface area (Å²) in [6.07, 6.45) is 0. The fraction of sp³-hybridized carbons (Fsp3) is 0.381. The molecule has 0 spiro atoms. The molecule has 0 saturated heterocycles. The zero-order valence-electron chi connectivity index (χ0n) is 16.2. The number of benzene rings is 2. The first-order valence-electron chi connectivity index (χ1n) is 8.46. The summed E-state index contributed by atoms with van der Waals surface area (Å²) in [6, 6.07) is 11.7. The number of hydrogen-bond acceptors (Lipinski definition) is 3. The highest BCUT2D eigenvalue weighted by atomic mass is 16.5. The van der Waals surface area contributed by atoms with Crippen LogP contribution in [0.15, 0.2) is 36.4 Å². The zero-order valence-corrected chi connectivity index (χ0v) is 16.2.